The zero-order chi connectivity index (χ0) is 44.9. The number of esters is 3. The van der Waals surface area contributed by atoms with Crippen molar-refractivity contribution in [2.45, 2.75) is 141 Å². The van der Waals surface area contributed by atoms with Gasteiger partial charge in [-0.25, -0.2) is 14.4 Å². The number of carbonyl (C=O) groups excluding carboxylic acids is 5. The van der Waals surface area contributed by atoms with Crippen LogP contribution < -0.4 is 5.32 Å². The van der Waals surface area contributed by atoms with Crippen molar-refractivity contribution in [2.24, 2.45) is 16.7 Å². The molecule has 1 heterocycles. The quantitative estimate of drug-likeness (QED) is 0.107. The van der Waals surface area contributed by atoms with Gasteiger partial charge in [0, 0.05) is 25.2 Å². The number of aliphatic hydroxyl groups is 3. The second kappa shape index (κ2) is 16.9. The summed E-state index contributed by atoms with van der Waals surface area (Å²) in [6, 6.07) is 14.9. The number of hydrogen-bond acceptors (Lipinski definition) is 14. The second-order valence-electron chi connectivity index (χ2n) is 18.3. The number of nitrogens with one attached hydrogen (secondary N) is 1. The predicted octanol–water partition coefficient (Wildman–Crippen LogP) is 4.34. The van der Waals surface area contributed by atoms with Gasteiger partial charge in [0.2, 0.25) is 0 Å². The van der Waals surface area contributed by atoms with E-state index in [0.717, 1.165) is 0 Å². The molecular weight excluding hydrogens is 789 g/mol. The van der Waals surface area contributed by atoms with E-state index >= 15 is 4.79 Å². The minimum Gasteiger partial charge on any atom is -0.456 e. The Hall–Kier alpha value is -4.61. The van der Waals surface area contributed by atoms with Gasteiger partial charge >= 0.3 is 24.0 Å². The number of hydrogen-bond donors (Lipinski definition) is 4. The van der Waals surface area contributed by atoms with Gasteiger partial charge in [-0.1, -0.05) is 75.6 Å². The molecule has 2 aromatic rings. The van der Waals surface area contributed by atoms with Gasteiger partial charge in [0.25, 0.3) is 7.48 Å². The molecule has 4 aliphatic rings. The molecule has 3 fully saturated rings. The van der Waals surface area contributed by atoms with Crippen LogP contribution in [0.5, 0.6) is 0 Å². The number of ketones is 1. The smallest absolute Gasteiger partial charge is 0.408 e. The zero-order valence-electron chi connectivity index (χ0n) is 36.1. The molecule has 15 nitrogen and oxygen atoms in total. The molecule has 0 spiro atoms. The summed E-state index contributed by atoms with van der Waals surface area (Å²) in [4.78, 5) is 69.9. The van der Waals surface area contributed by atoms with E-state index in [1.807, 2.05) is 6.92 Å². The standard InChI is InChI=1S/C45H57BNO14/c1-10-46-61-29-21-30-44(23-56-30,59-25(3)48)35-37(58-38(52)27-19-15-12-16-20-27)45(55)22-28(24(2)31(42(45,7)8)33(49)36(51)43(29,35)9)57-39(53)34(50)32(26-17-13-11-14-18-26)47-40(54)60-41(4,5)6/h11-20,28-30,32-35,37,49-50,55H,10,21-23H2,1-9H3,(H,47,54)/t28?,29?,30-,32+,33-,34-,35+,37+,43-,44+,45-/m1/s1. The number of aliphatic hydroxyl groups excluding tert-OH is 2. The van der Waals surface area contributed by atoms with E-state index in [1.165, 1.54) is 26.5 Å². The van der Waals surface area contributed by atoms with Crippen LogP contribution in [0.2, 0.25) is 6.32 Å². The highest BCUT2D eigenvalue weighted by atomic mass is 16.6. The molecule has 1 saturated heterocycles. The summed E-state index contributed by atoms with van der Waals surface area (Å²) in [5.74, 6) is -5.00. The molecule has 11 atom stereocenters. The molecule has 2 aromatic carbocycles. The lowest BCUT2D eigenvalue weighted by Gasteiger charge is -2.68. The Morgan fingerprint density at radius 3 is 2.18 bits per heavy atom. The molecule has 4 N–H and O–H groups in total. The van der Waals surface area contributed by atoms with Crippen molar-refractivity contribution in [3.8, 4) is 0 Å². The van der Waals surface area contributed by atoms with Crippen LogP contribution in [-0.2, 0) is 42.7 Å². The lowest BCUT2D eigenvalue weighted by Crippen LogP contribution is -2.82. The van der Waals surface area contributed by atoms with Gasteiger partial charge in [-0.05, 0) is 63.5 Å². The maximum Gasteiger partial charge on any atom is 0.408 e. The number of carbonyl (C=O) groups is 5. The Morgan fingerprint density at radius 2 is 1.62 bits per heavy atom. The predicted molar refractivity (Wildman–Crippen MR) is 219 cm³/mol. The highest BCUT2D eigenvalue weighted by Crippen LogP contribution is 2.64. The van der Waals surface area contributed by atoms with Crippen LogP contribution >= 0.6 is 0 Å². The van der Waals surface area contributed by atoms with Crippen molar-refractivity contribution in [1.29, 1.82) is 0 Å². The van der Waals surface area contributed by atoms with Crippen LogP contribution in [0.15, 0.2) is 71.8 Å². The number of Topliss-reactive ketones (excluding diaryl/α,β-unsaturated/α-hetero) is 1. The van der Waals surface area contributed by atoms with Gasteiger partial charge in [-0.3, -0.25) is 9.59 Å². The van der Waals surface area contributed by atoms with Gasteiger partial charge in [-0.15, -0.1) is 0 Å². The molecular formula is C45H57BNO14. The van der Waals surface area contributed by atoms with E-state index in [4.69, 9.17) is 28.3 Å². The first-order valence-electron chi connectivity index (χ1n) is 20.7. The Balaban J connectivity index is 1.51. The van der Waals surface area contributed by atoms with Crippen LogP contribution in [0.1, 0.15) is 97.1 Å². The summed E-state index contributed by atoms with van der Waals surface area (Å²) in [5, 5.41) is 40.3. The van der Waals surface area contributed by atoms with Crippen molar-refractivity contribution in [3.63, 3.8) is 0 Å². The number of alkyl carbamates (subject to hydrolysis) is 1. The minimum absolute atomic E-state index is 0.00259. The van der Waals surface area contributed by atoms with E-state index in [1.54, 1.807) is 97.0 Å². The van der Waals surface area contributed by atoms with Crippen molar-refractivity contribution in [2.75, 3.05) is 6.61 Å². The molecule has 6 rings (SSSR count). The van der Waals surface area contributed by atoms with Gasteiger partial charge in [0.15, 0.2) is 17.5 Å². The number of benzene rings is 2. The molecule has 2 saturated carbocycles. The van der Waals surface area contributed by atoms with E-state index < -0.39 is 112 Å². The van der Waals surface area contributed by atoms with Crippen molar-refractivity contribution in [3.05, 3.63) is 82.9 Å². The van der Waals surface area contributed by atoms with Gasteiger partial charge < -0.3 is 49.0 Å². The molecule has 0 aromatic heterocycles. The summed E-state index contributed by atoms with van der Waals surface area (Å²) in [5.41, 5.74) is -7.65. The fourth-order valence-corrected chi connectivity index (χ4v) is 9.95. The van der Waals surface area contributed by atoms with E-state index in [0.29, 0.717) is 11.9 Å². The highest BCUT2D eigenvalue weighted by Gasteiger charge is 2.78. The number of rotatable bonds is 11. The lowest BCUT2D eigenvalue weighted by molar-refractivity contribution is -0.344. The third-order valence-electron chi connectivity index (χ3n) is 13.0. The van der Waals surface area contributed by atoms with Crippen LogP contribution in [-0.4, -0.2) is 113 Å². The summed E-state index contributed by atoms with van der Waals surface area (Å²) in [6.45, 7) is 14.1. The third-order valence-corrected chi connectivity index (χ3v) is 13.0. The number of fused-ring (bicyclic) bond motifs is 5. The van der Waals surface area contributed by atoms with Crippen molar-refractivity contribution >= 4 is 37.3 Å². The zero-order valence-corrected chi connectivity index (χ0v) is 36.1. The average molecular weight is 847 g/mol. The Kier molecular flexibility index (Phi) is 12.7. The Bertz CT molecular complexity index is 2040. The summed E-state index contributed by atoms with van der Waals surface area (Å²) >= 11 is 0. The molecule has 329 valence electrons. The molecule has 2 bridgehead atoms. The molecule has 1 radical (unpaired) electrons. The van der Waals surface area contributed by atoms with E-state index in [9.17, 15) is 34.5 Å². The second-order valence-corrected chi connectivity index (χ2v) is 18.3. The van der Waals surface area contributed by atoms with Crippen LogP contribution in [0.25, 0.3) is 0 Å². The van der Waals surface area contributed by atoms with Crippen molar-refractivity contribution in [1.82, 2.24) is 5.32 Å². The van der Waals surface area contributed by atoms with Gasteiger partial charge in [0.05, 0.1) is 35.6 Å². The molecule has 2 unspecified atom stereocenters. The number of amides is 1. The maximum atomic E-state index is 15.4. The van der Waals surface area contributed by atoms with Crippen molar-refractivity contribution < 1.29 is 67.6 Å². The number of ether oxygens (including phenoxy) is 5. The molecule has 16 heteroatoms. The van der Waals surface area contributed by atoms with E-state index in [2.05, 4.69) is 5.32 Å². The first-order valence-corrected chi connectivity index (χ1v) is 20.7. The fourth-order valence-electron chi connectivity index (χ4n) is 9.95. The van der Waals surface area contributed by atoms with Gasteiger partial charge in [0.1, 0.15) is 35.6 Å². The molecule has 3 aliphatic carbocycles. The summed E-state index contributed by atoms with van der Waals surface area (Å²) < 4.78 is 36.4. The molecule has 1 aliphatic heterocycles. The first-order chi connectivity index (χ1) is 28.5. The van der Waals surface area contributed by atoms with Crippen LogP contribution in [0.3, 0.4) is 0 Å². The first kappa shape index (κ1) is 45.9. The average Bonchev–Trinajstić information content (AvgIpc) is 3.19. The topological polar surface area (TPSA) is 213 Å². The Labute approximate surface area is 356 Å². The lowest BCUT2D eigenvalue weighted by atomic mass is 9.44. The fraction of sp³-hybridized carbons (Fsp3) is 0.578. The van der Waals surface area contributed by atoms with Gasteiger partial charge in [-0.2, -0.15) is 0 Å². The van der Waals surface area contributed by atoms with Crippen LogP contribution in [0, 0.1) is 16.7 Å². The largest absolute Gasteiger partial charge is 0.456 e. The van der Waals surface area contributed by atoms with Crippen LogP contribution in [0.4, 0.5) is 4.79 Å². The SMILES string of the molecule is CC[B]OC1C[C@H]2OC[C@@]2(OC(C)=O)[C@H]2[C@H](OC(=O)c3ccccc3)[C@]3(O)CC(OC(=O)[C@H](O)[C@@H](NC(=O)OC(C)(C)C)c4ccccc4)C(C)=C([C@@H](O)C(=O)[C@]12C)C3(C)C. The maximum absolute atomic E-state index is 15.4. The third kappa shape index (κ3) is 8.13. The minimum atomic E-state index is -2.31. The normalized spacial score (nSPS) is 32.6. The summed E-state index contributed by atoms with van der Waals surface area (Å²) in [7, 11) is 1.51. The summed E-state index contributed by atoms with van der Waals surface area (Å²) in [6.07, 6.45) is -9.96. The molecule has 1 amide bonds. The highest BCUT2D eigenvalue weighted by molar-refractivity contribution is 6.27. The molecule has 61 heavy (non-hydrogen) atoms. The van der Waals surface area contributed by atoms with E-state index in [-0.39, 0.29) is 29.7 Å². The Morgan fingerprint density at radius 1 is 1.00 bits per heavy atom. The monoisotopic (exact) mass is 846 g/mol.